The molecule has 100 valence electrons. The molecule has 0 aliphatic rings. The number of benzene rings is 1. The van der Waals surface area contributed by atoms with Crippen molar-refractivity contribution < 1.29 is 5.11 Å². The summed E-state index contributed by atoms with van der Waals surface area (Å²) in [6.45, 7) is 2.55. The van der Waals surface area contributed by atoms with Crippen LogP contribution in [0.15, 0.2) is 48.8 Å². The molecule has 2 unspecified atom stereocenters. The highest BCUT2D eigenvalue weighted by atomic mass is 35.5. The normalized spacial score (nSPS) is 14.1. The molecule has 0 saturated carbocycles. The van der Waals surface area contributed by atoms with Crippen LogP contribution in [0.4, 0.5) is 0 Å². The summed E-state index contributed by atoms with van der Waals surface area (Å²) in [6, 6.07) is 11.3. The molecule has 2 atom stereocenters. The van der Waals surface area contributed by atoms with E-state index in [1.165, 1.54) is 0 Å². The van der Waals surface area contributed by atoms with Gasteiger partial charge in [0.1, 0.15) is 0 Å². The Bertz CT molecular complexity index is 501. The predicted octanol–water partition coefficient (Wildman–Crippen LogP) is 3.12. The Kier molecular flexibility index (Phi) is 4.91. The largest absolute Gasteiger partial charge is 0.387 e. The summed E-state index contributed by atoms with van der Waals surface area (Å²) in [5, 5.41) is 14.1. The molecule has 2 N–H and O–H groups in total. The number of aliphatic hydroxyl groups is 1. The predicted molar refractivity (Wildman–Crippen MR) is 77.1 cm³/mol. The molecule has 0 saturated heterocycles. The lowest BCUT2D eigenvalue weighted by Gasteiger charge is -2.17. The summed E-state index contributed by atoms with van der Waals surface area (Å²) < 4.78 is 0. The third-order valence-electron chi connectivity index (χ3n) is 3.08. The van der Waals surface area contributed by atoms with Crippen molar-refractivity contribution in [3.8, 4) is 0 Å². The molecule has 2 rings (SSSR count). The van der Waals surface area contributed by atoms with Crippen LogP contribution in [0.3, 0.4) is 0 Å². The molecule has 0 bridgehead atoms. The summed E-state index contributed by atoms with van der Waals surface area (Å²) in [4.78, 5) is 3.99. The maximum Gasteiger partial charge on any atom is 0.0914 e. The Balaban J connectivity index is 1.90. The fourth-order valence-corrected chi connectivity index (χ4v) is 1.99. The summed E-state index contributed by atoms with van der Waals surface area (Å²) in [6.07, 6.45) is 2.99. The third-order valence-corrected chi connectivity index (χ3v) is 3.33. The van der Waals surface area contributed by atoms with Crippen LogP contribution in [0.5, 0.6) is 0 Å². The number of hydrogen-bond donors (Lipinski definition) is 2. The average molecular weight is 277 g/mol. The molecule has 2 aromatic rings. The highest BCUT2D eigenvalue weighted by molar-refractivity contribution is 6.30. The van der Waals surface area contributed by atoms with E-state index in [-0.39, 0.29) is 6.04 Å². The van der Waals surface area contributed by atoms with Gasteiger partial charge in [0.15, 0.2) is 0 Å². The first-order chi connectivity index (χ1) is 9.16. The van der Waals surface area contributed by atoms with Crippen molar-refractivity contribution in [1.29, 1.82) is 0 Å². The van der Waals surface area contributed by atoms with Gasteiger partial charge in [0, 0.05) is 30.0 Å². The highest BCUT2D eigenvalue weighted by Crippen LogP contribution is 2.17. The topological polar surface area (TPSA) is 45.1 Å². The van der Waals surface area contributed by atoms with Crippen LogP contribution in [0.1, 0.15) is 30.2 Å². The Morgan fingerprint density at radius 1 is 1.11 bits per heavy atom. The molecule has 4 heteroatoms. The first-order valence-electron chi connectivity index (χ1n) is 6.23. The molecule has 3 nitrogen and oxygen atoms in total. The highest BCUT2D eigenvalue weighted by Gasteiger charge is 2.10. The Labute approximate surface area is 118 Å². The molecular formula is C15H17ClN2O. The number of rotatable bonds is 5. The molecule has 1 heterocycles. The molecule has 1 aromatic heterocycles. The van der Waals surface area contributed by atoms with Crippen LogP contribution >= 0.6 is 11.6 Å². The van der Waals surface area contributed by atoms with E-state index in [0.29, 0.717) is 11.6 Å². The quantitative estimate of drug-likeness (QED) is 0.882. The number of hydrogen-bond acceptors (Lipinski definition) is 3. The van der Waals surface area contributed by atoms with Gasteiger partial charge in [-0.3, -0.25) is 4.98 Å². The van der Waals surface area contributed by atoms with Crippen molar-refractivity contribution in [3.05, 3.63) is 64.9 Å². The zero-order valence-corrected chi connectivity index (χ0v) is 11.5. The van der Waals surface area contributed by atoms with Gasteiger partial charge in [-0.25, -0.2) is 0 Å². The second-order valence-corrected chi connectivity index (χ2v) is 4.91. The zero-order chi connectivity index (χ0) is 13.7. The third kappa shape index (κ3) is 4.03. The smallest absolute Gasteiger partial charge is 0.0914 e. The van der Waals surface area contributed by atoms with Gasteiger partial charge in [0.2, 0.25) is 0 Å². The fourth-order valence-electron chi connectivity index (χ4n) is 1.86. The SMILES string of the molecule is CC(NCC(O)c1ccc(Cl)cc1)c1ccncc1. The lowest BCUT2D eigenvalue weighted by Crippen LogP contribution is -2.24. The zero-order valence-electron chi connectivity index (χ0n) is 10.8. The van der Waals surface area contributed by atoms with Gasteiger partial charge in [0.05, 0.1) is 6.10 Å². The van der Waals surface area contributed by atoms with E-state index in [9.17, 15) is 5.11 Å². The van der Waals surface area contributed by atoms with E-state index in [0.717, 1.165) is 11.1 Å². The Morgan fingerprint density at radius 2 is 1.74 bits per heavy atom. The second kappa shape index (κ2) is 6.66. The number of halogens is 1. The second-order valence-electron chi connectivity index (χ2n) is 4.48. The molecule has 0 aliphatic carbocycles. The Hall–Kier alpha value is -1.42. The van der Waals surface area contributed by atoms with Crippen LogP contribution in [-0.4, -0.2) is 16.6 Å². The summed E-state index contributed by atoms with van der Waals surface area (Å²) in [5.74, 6) is 0. The van der Waals surface area contributed by atoms with E-state index >= 15 is 0 Å². The molecule has 0 amide bonds. The van der Waals surface area contributed by atoms with Crippen LogP contribution in [-0.2, 0) is 0 Å². The van der Waals surface area contributed by atoms with E-state index in [1.54, 1.807) is 24.5 Å². The van der Waals surface area contributed by atoms with E-state index in [2.05, 4.69) is 17.2 Å². The van der Waals surface area contributed by atoms with E-state index in [1.807, 2.05) is 24.3 Å². The maximum atomic E-state index is 10.1. The van der Waals surface area contributed by atoms with Gasteiger partial charge in [-0.15, -0.1) is 0 Å². The number of nitrogens with zero attached hydrogens (tertiary/aromatic N) is 1. The monoisotopic (exact) mass is 276 g/mol. The Morgan fingerprint density at radius 3 is 2.37 bits per heavy atom. The minimum absolute atomic E-state index is 0.171. The number of aliphatic hydroxyl groups excluding tert-OH is 1. The first kappa shape index (κ1) is 14.0. The molecule has 0 fully saturated rings. The number of nitrogens with one attached hydrogen (secondary N) is 1. The maximum absolute atomic E-state index is 10.1. The van der Waals surface area contributed by atoms with Crippen LogP contribution in [0.25, 0.3) is 0 Å². The van der Waals surface area contributed by atoms with Crippen LogP contribution < -0.4 is 5.32 Å². The van der Waals surface area contributed by atoms with Gasteiger partial charge in [-0.05, 0) is 42.3 Å². The minimum atomic E-state index is -0.540. The molecule has 1 aromatic carbocycles. The van der Waals surface area contributed by atoms with Gasteiger partial charge in [-0.2, -0.15) is 0 Å². The van der Waals surface area contributed by atoms with Gasteiger partial charge in [-0.1, -0.05) is 23.7 Å². The van der Waals surface area contributed by atoms with Crippen molar-refractivity contribution in [1.82, 2.24) is 10.3 Å². The standard InChI is InChI=1S/C15H17ClN2O/c1-11(12-6-8-17-9-7-12)18-10-15(19)13-2-4-14(16)5-3-13/h2-9,11,15,18-19H,10H2,1H3. The van der Waals surface area contributed by atoms with Gasteiger partial charge >= 0.3 is 0 Å². The molecular weight excluding hydrogens is 260 g/mol. The average Bonchev–Trinajstić information content (AvgIpc) is 2.46. The van der Waals surface area contributed by atoms with Crippen molar-refractivity contribution in [2.75, 3.05) is 6.54 Å². The molecule has 0 aliphatic heterocycles. The van der Waals surface area contributed by atoms with Crippen molar-refractivity contribution >= 4 is 11.6 Å². The first-order valence-corrected chi connectivity index (χ1v) is 6.61. The lowest BCUT2D eigenvalue weighted by molar-refractivity contribution is 0.171. The van der Waals surface area contributed by atoms with Crippen molar-refractivity contribution in [2.45, 2.75) is 19.1 Å². The summed E-state index contributed by atoms with van der Waals surface area (Å²) >= 11 is 5.82. The number of pyridine rings is 1. The van der Waals surface area contributed by atoms with E-state index in [4.69, 9.17) is 11.6 Å². The summed E-state index contributed by atoms with van der Waals surface area (Å²) in [5.41, 5.74) is 2.01. The van der Waals surface area contributed by atoms with Crippen molar-refractivity contribution in [3.63, 3.8) is 0 Å². The summed E-state index contributed by atoms with van der Waals surface area (Å²) in [7, 11) is 0. The van der Waals surface area contributed by atoms with Crippen LogP contribution in [0, 0.1) is 0 Å². The van der Waals surface area contributed by atoms with Gasteiger partial charge in [0.25, 0.3) is 0 Å². The lowest BCUT2D eigenvalue weighted by atomic mass is 10.1. The number of aromatic nitrogens is 1. The van der Waals surface area contributed by atoms with E-state index < -0.39 is 6.10 Å². The minimum Gasteiger partial charge on any atom is -0.387 e. The fraction of sp³-hybridized carbons (Fsp3) is 0.267. The van der Waals surface area contributed by atoms with Crippen molar-refractivity contribution in [2.24, 2.45) is 0 Å². The van der Waals surface area contributed by atoms with Crippen LogP contribution in [0.2, 0.25) is 5.02 Å². The molecule has 0 spiro atoms. The molecule has 0 radical (unpaired) electrons. The van der Waals surface area contributed by atoms with Gasteiger partial charge < -0.3 is 10.4 Å². The molecule has 19 heavy (non-hydrogen) atoms.